The molecule has 0 radical (unpaired) electrons. The zero-order chi connectivity index (χ0) is 26.0. The minimum atomic E-state index is -1.19. The predicted octanol–water partition coefficient (Wildman–Crippen LogP) is 4.23. The molecule has 0 heterocycles. The number of nitrogens with one attached hydrogen (secondary N) is 2. The molecule has 3 atom stereocenters. The number of anilines is 1. The number of rotatable bonds is 8. The number of amides is 2. The number of benzene rings is 2. The highest BCUT2D eigenvalue weighted by atomic mass is 35.5. The molecule has 0 spiro atoms. The second kappa shape index (κ2) is 10.1. The van der Waals surface area contributed by atoms with Crippen LogP contribution >= 0.6 is 11.6 Å². The maximum atomic E-state index is 13.0. The number of aliphatic carboxylic acids is 2. The van der Waals surface area contributed by atoms with Crippen molar-refractivity contribution in [2.75, 3.05) is 5.32 Å². The fourth-order valence-electron chi connectivity index (χ4n) is 4.58. The third-order valence-corrected chi connectivity index (χ3v) is 7.64. The molecule has 0 aromatic heterocycles. The van der Waals surface area contributed by atoms with Crippen LogP contribution < -0.4 is 10.6 Å². The lowest BCUT2D eigenvalue weighted by Crippen LogP contribution is -2.49. The van der Waals surface area contributed by atoms with Crippen molar-refractivity contribution in [3.8, 4) is 0 Å². The van der Waals surface area contributed by atoms with E-state index in [0.29, 0.717) is 34.7 Å². The zero-order valence-corrected chi connectivity index (χ0v) is 20.6. The summed E-state index contributed by atoms with van der Waals surface area (Å²) in [4.78, 5) is 49.1. The van der Waals surface area contributed by atoms with Gasteiger partial charge in [0.1, 0.15) is 6.04 Å². The minimum absolute atomic E-state index is 0.0174. The van der Waals surface area contributed by atoms with Gasteiger partial charge in [0, 0.05) is 28.6 Å². The van der Waals surface area contributed by atoms with E-state index in [1.165, 1.54) is 0 Å². The highest BCUT2D eigenvalue weighted by Gasteiger charge is 2.58. The molecule has 2 amide bonds. The Bertz CT molecular complexity index is 1130. The van der Waals surface area contributed by atoms with Crippen LogP contribution in [0, 0.1) is 16.7 Å². The SMILES string of the molecule is CC1(C)[C@@H](C(=O)N[C@@H](Cc2ccc(C(=O)Nc3ccc(Cl)cc3)cc2)C(=O)O)CC[C@@]1(C)C(=O)O. The van der Waals surface area contributed by atoms with Crippen molar-refractivity contribution in [1.82, 2.24) is 5.32 Å². The van der Waals surface area contributed by atoms with Crippen LogP contribution in [-0.2, 0) is 20.8 Å². The van der Waals surface area contributed by atoms with Gasteiger partial charge in [-0.2, -0.15) is 0 Å². The molecule has 35 heavy (non-hydrogen) atoms. The van der Waals surface area contributed by atoms with Gasteiger partial charge >= 0.3 is 11.9 Å². The Balaban J connectivity index is 1.66. The molecular weight excluding hydrogens is 472 g/mol. The van der Waals surface area contributed by atoms with Crippen molar-refractivity contribution in [1.29, 1.82) is 0 Å². The quantitative estimate of drug-likeness (QED) is 0.428. The predicted molar refractivity (Wildman–Crippen MR) is 131 cm³/mol. The Hall–Kier alpha value is -3.39. The maximum Gasteiger partial charge on any atom is 0.326 e. The number of carboxylic acids is 2. The van der Waals surface area contributed by atoms with Gasteiger partial charge < -0.3 is 20.8 Å². The van der Waals surface area contributed by atoms with Crippen LogP contribution in [-0.4, -0.2) is 40.0 Å². The Labute approximate surface area is 208 Å². The van der Waals surface area contributed by atoms with Crippen molar-refractivity contribution < 1.29 is 29.4 Å². The van der Waals surface area contributed by atoms with Crippen molar-refractivity contribution >= 4 is 41.0 Å². The summed E-state index contributed by atoms with van der Waals surface area (Å²) in [6, 6.07) is 11.9. The third kappa shape index (κ3) is 5.48. The molecule has 0 saturated heterocycles. The third-order valence-electron chi connectivity index (χ3n) is 7.39. The summed E-state index contributed by atoms with van der Waals surface area (Å²) >= 11 is 5.85. The van der Waals surface area contributed by atoms with Crippen LogP contribution in [0.2, 0.25) is 5.02 Å². The number of hydrogen-bond donors (Lipinski definition) is 4. The van der Waals surface area contributed by atoms with E-state index in [9.17, 15) is 29.4 Å². The van der Waals surface area contributed by atoms with Crippen LogP contribution in [0.3, 0.4) is 0 Å². The Kier molecular flexibility index (Phi) is 7.55. The van der Waals surface area contributed by atoms with Gasteiger partial charge in [-0.3, -0.25) is 14.4 Å². The van der Waals surface area contributed by atoms with Crippen molar-refractivity contribution in [2.24, 2.45) is 16.7 Å². The van der Waals surface area contributed by atoms with E-state index in [2.05, 4.69) is 10.6 Å². The second-order valence-corrected chi connectivity index (χ2v) is 10.1. The molecule has 2 aromatic carbocycles. The van der Waals surface area contributed by atoms with Crippen LogP contribution in [0.4, 0.5) is 5.69 Å². The first kappa shape index (κ1) is 26.2. The highest BCUT2D eigenvalue weighted by molar-refractivity contribution is 6.30. The normalized spacial score (nSPS) is 21.7. The van der Waals surface area contributed by atoms with Gasteiger partial charge in [0.2, 0.25) is 5.91 Å². The Morgan fingerprint density at radius 2 is 1.60 bits per heavy atom. The Morgan fingerprint density at radius 1 is 1.00 bits per heavy atom. The lowest BCUT2D eigenvalue weighted by molar-refractivity contribution is -0.155. The number of halogens is 1. The van der Waals surface area contributed by atoms with E-state index in [0.717, 1.165) is 0 Å². The first-order valence-corrected chi connectivity index (χ1v) is 11.7. The van der Waals surface area contributed by atoms with Gasteiger partial charge in [-0.15, -0.1) is 0 Å². The molecular formula is C26H29ClN2O6. The number of carboxylic acid groups (broad SMARTS) is 2. The fraction of sp³-hybridized carbons (Fsp3) is 0.385. The molecule has 1 saturated carbocycles. The van der Waals surface area contributed by atoms with Crippen LogP contribution in [0.1, 0.15) is 49.5 Å². The molecule has 2 aromatic rings. The van der Waals surface area contributed by atoms with Crippen LogP contribution in [0.15, 0.2) is 48.5 Å². The molecule has 4 N–H and O–H groups in total. The Morgan fingerprint density at radius 3 is 2.11 bits per heavy atom. The monoisotopic (exact) mass is 500 g/mol. The van der Waals surface area contributed by atoms with Crippen molar-refractivity contribution in [2.45, 2.75) is 46.1 Å². The van der Waals surface area contributed by atoms with Gasteiger partial charge in [-0.25, -0.2) is 4.79 Å². The summed E-state index contributed by atoms with van der Waals surface area (Å²) in [6.07, 6.45) is 0.722. The number of carbonyl (C=O) groups excluding carboxylic acids is 2. The van der Waals surface area contributed by atoms with Gasteiger partial charge in [-0.05, 0) is 67.1 Å². The molecule has 1 aliphatic carbocycles. The van der Waals surface area contributed by atoms with E-state index in [4.69, 9.17) is 11.6 Å². The average molecular weight is 501 g/mol. The van der Waals surface area contributed by atoms with E-state index >= 15 is 0 Å². The molecule has 8 nitrogen and oxygen atoms in total. The second-order valence-electron chi connectivity index (χ2n) is 9.71. The average Bonchev–Trinajstić information content (AvgIpc) is 3.05. The van der Waals surface area contributed by atoms with Gasteiger partial charge in [-0.1, -0.05) is 37.6 Å². The first-order valence-electron chi connectivity index (χ1n) is 11.3. The van der Waals surface area contributed by atoms with E-state index in [1.807, 2.05) is 0 Å². The minimum Gasteiger partial charge on any atom is -0.481 e. The van der Waals surface area contributed by atoms with Gasteiger partial charge in [0.25, 0.3) is 5.91 Å². The van der Waals surface area contributed by atoms with E-state index in [1.54, 1.807) is 69.3 Å². The summed E-state index contributed by atoms with van der Waals surface area (Å²) in [6.45, 7) is 5.10. The molecule has 3 rings (SSSR count). The van der Waals surface area contributed by atoms with E-state index < -0.39 is 40.6 Å². The van der Waals surface area contributed by atoms with Gasteiger partial charge in [0.05, 0.1) is 5.41 Å². The molecule has 1 fully saturated rings. The summed E-state index contributed by atoms with van der Waals surface area (Å²) in [5.74, 6) is -3.57. The van der Waals surface area contributed by atoms with Crippen LogP contribution in [0.5, 0.6) is 0 Å². The molecule has 9 heteroatoms. The molecule has 1 aliphatic rings. The fourth-order valence-corrected chi connectivity index (χ4v) is 4.70. The van der Waals surface area contributed by atoms with Crippen molar-refractivity contribution in [3.05, 3.63) is 64.7 Å². The maximum absolute atomic E-state index is 13.0. The summed E-state index contributed by atoms with van der Waals surface area (Å²) in [5, 5.41) is 25.3. The van der Waals surface area contributed by atoms with Gasteiger partial charge in [0.15, 0.2) is 0 Å². The molecule has 0 unspecified atom stereocenters. The summed E-state index contributed by atoms with van der Waals surface area (Å²) in [5.41, 5.74) is -0.311. The first-order chi connectivity index (χ1) is 16.3. The molecule has 0 aliphatic heterocycles. The lowest BCUT2D eigenvalue weighted by atomic mass is 9.65. The summed E-state index contributed by atoms with van der Waals surface area (Å²) in [7, 11) is 0. The summed E-state index contributed by atoms with van der Waals surface area (Å²) < 4.78 is 0. The standard InChI is InChI=1S/C26H29ClN2O6/c1-25(2)19(12-13-26(25,3)24(34)35)22(31)29-20(23(32)33)14-15-4-6-16(7-5-15)21(30)28-18-10-8-17(27)9-11-18/h4-11,19-20H,12-14H2,1-3H3,(H,28,30)(H,29,31)(H,32,33)(H,34,35)/t19-,20+,26+/m1/s1. The number of hydrogen-bond acceptors (Lipinski definition) is 4. The topological polar surface area (TPSA) is 133 Å². The van der Waals surface area contributed by atoms with Crippen LogP contribution in [0.25, 0.3) is 0 Å². The number of carbonyl (C=O) groups is 4. The molecule has 0 bridgehead atoms. The lowest BCUT2D eigenvalue weighted by Gasteiger charge is -2.38. The zero-order valence-electron chi connectivity index (χ0n) is 19.8. The van der Waals surface area contributed by atoms with E-state index in [-0.39, 0.29) is 12.3 Å². The highest BCUT2D eigenvalue weighted by Crippen LogP contribution is 2.56. The molecule has 186 valence electrons. The smallest absolute Gasteiger partial charge is 0.326 e. The van der Waals surface area contributed by atoms with Crippen molar-refractivity contribution in [3.63, 3.8) is 0 Å². The largest absolute Gasteiger partial charge is 0.481 e.